The number of amides is 2. The lowest BCUT2D eigenvalue weighted by Crippen LogP contribution is -2.16. The molecule has 0 aliphatic carbocycles. The molecule has 0 radical (unpaired) electrons. The maximum atomic E-state index is 13.1. The number of rotatable bonds is 7. The van der Waals surface area contributed by atoms with Gasteiger partial charge in [0.1, 0.15) is 33.5 Å². The number of halogens is 3. The summed E-state index contributed by atoms with van der Waals surface area (Å²) in [4.78, 5) is 28.9. The van der Waals surface area contributed by atoms with Gasteiger partial charge in [-0.2, -0.15) is 0 Å². The molecule has 170 valence electrons. The van der Waals surface area contributed by atoms with Crippen LogP contribution in [0.5, 0.6) is 5.75 Å². The SMILES string of the molecule is Cc1cc(C(F)F)nc2sc(C(N)=O)c(NC(=O)c3ccc(COc4ccccc4Br)o3)c12. The number of hydrogen-bond acceptors (Lipinski definition) is 6. The van der Waals surface area contributed by atoms with Gasteiger partial charge in [-0.25, -0.2) is 13.8 Å². The van der Waals surface area contributed by atoms with Crippen molar-refractivity contribution in [3.8, 4) is 5.75 Å². The Morgan fingerprint density at radius 1 is 1.27 bits per heavy atom. The number of hydrogen-bond donors (Lipinski definition) is 2. The number of primary amides is 1. The van der Waals surface area contributed by atoms with Crippen molar-refractivity contribution >= 4 is 55.0 Å². The number of anilines is 1. The second-order valence-corrected chi connectivity index (χ2v) is 8.81. The molecule has 0 aliphatic rings. The second kappa shape index (κ2) is 9.28. The van der Waals surface area contributed by atoms with Crippen LogP contribution in [0.25, 0.3) is 10.2 Å². The van der Waals surface area contributed by atoms with E-state index in [0.29, 0.717) is 22.5 Å². The maximum Gasteiger partial charge on any atom is 0.291 e. The number of ether oxygens (including phenoxy) is 1. The summed E-state index contributed by atoms with van der Waals surface area (Å²) in [6.45, 7) is 1.68. The normalized spacial score (nSPS) is 11.2. The highest BCUT2D eigenvalue weighted by Gasteiger charge is 2.24. The summed E-state index contributed by atoms with van der Waals surface area (Å²) in [7, 11) is 0. The Hall–Kier alpha value is -3.31. The van der Waals surface area contributed by atoms with E-state index in [0.717, 1.165) is 15.8 Å². The average molecular weight is 536 g/mol. The van der Waals surface area contributed by atoms with Crippen LogP contribution in [0.15, 0.2) is 51.4 Å². The van der Waals surface area contributed by atoms with Crippen molar-refractivity contribution in [2.75, 3.05) is 5.32 Å². The predicted molar refractivity (Wildman–Crippen MR) is 123 cm³/mol. The molecule has 0 spiro atoms. The van der Waals surface area contributed by atoms with Crippen LogP contribution in [0.4, 0.5) is 14.5 Å². The molecule has 3 N–H and O–H groups in total. The molecule has 11 heteroatoms. The van der Waals surface area contributed by atoms with E-state index in [2.05, 4.69) is 26.2 Å². The molecule has 0 saturated carbocycles. The highest BCUT2D eigenvalue weighted by molar-refractivity contribution is 9.10. The third kappa shape index (κ3) is 4.74. The lowest BCUT2D eigenvalue weighted by Gasteiger charge is -2.07. The first-order valence-electron chi connectivity index (χ1n) is 9.54. The highest BCUT2D eigenvalue weighted by atomic mass is 79.9. The number of carbonyl (C=O) groups excluding carboxylic acids is 2. The van der Waals surface area contributed by atoms with Gasteiger partial charge in [0.25, 0.3) is 18.2 Å². The van der Waals surface area contributed by atoms with Gasteiger partial charge in [0, 0.05) is 5.39 Å². The molecular formula is C22H16BrF2N3O4S. The molecule has 0 atom stereocenters. The number of para-hydroxylation sites is 1. The second-order valence-electron chi connectivity index (χ2n) is 6.95. The van der Waals surface area contributed by atoms with Crippen LogP contribution >= 0.6 is 27.3 Å². The number of aryl methyl sites for hydroxylation is 1. The van der Waals surface area contributed by atoms with Crippen LogP contribution in [-0.4, -0.2) is 16.8 Å². The zero-order valence-electron chi connectivity index (χ0n) is 17.0. The fourth-order valence-electron chi connectivity index (χ4n) is 3.18. The number of benzene rings is 1. The average Bonchev–Trinajstić information content (AvgIpc) is 3.38. The topological polar surface area (TPSA) is 107 Å². The first kappa shape index (κ1) is 22.9. The fraction of sp³-hybridized carbons (Fsp3) is 0.136. The molecule has 3 aromatic heterocycles. The van der Waals surface area contributed by atoms with E-state index < -0.39 is 23.9 Å². The first-order chi connectivity index (χ1) is 15.7. The van der Waals surface area contributed by atoms with Crippen molar-refractivity contribution in [2.45, 2.75) is 20.0 Å². The number of nitrogens with zero attached hydrogens (tertiary/aromatic N) is 1. The maximum absolute atomic E-state index is 13.1. The number of fused-ring (bicyclic) bond motifs is 1. The number of carbonyl (C=O) groups is 2. The molecular weight excluding hydrogens is 520 g/mol. The van der Waals surface area contributed by atoms with E-state index in [1.807, 2.05) is 18.2 Å². The van der Waals surface area contributed by atoms with Gasteiger partial charge in [-0.05, 0) is 58.7 Å². The lowest BCUT2D eigenvalue weighted by atomic mass is 10.1. The van der Waals surface area contributed by atoms with Crippen LogP contribution in [0, 0.1) is 6.92 Å². The minimum Gasteiger partial charge on any atom is -0.484 e. The van der Waals surface area contributed by atoms with Gasteiger partial charge in [0.15, 0.2) is 5.76 Å². The van der Waals surface area contributed by atoms with E-state index in [9.17, 15) is 18.4 Å². The predicted octanol–water partition coefficient (Wildman–Crippen LogP) is 5.83. The molecule has 1 aromatic carbocycles. The van der Waals surface area contributed by atoms with Crippen LogP contribution < -0.4 is 15.8 Å². The summed E-state index contributed by atoms with van der Waals surface area (Å²) < 4.78 is 38.3. The summed E-state index contributed by atoms with van der Waals surface area (Å²) in [6.07, 6.45) is -2.77. The van der Waals surface area contributed by atoms with Crippen LogP contribution in [-0.2, 0) is 6.61 Å². The van der Waals surface area contributed by atoms with Crippen LogP contribution in [0.3, 0.4) is 0 Å². The Balaban J connectivity index is 1.58. The van der Waals surface area contributed by atoms with Gasteiger partial charge in [-0.15, -0.1) is 11.3 Å². The molecule has 0 fully saturated rings. The molecule has 4 rings (SSSR count). The first-order valence-corrected chi connectivity index (χ1v) is 11.1. The van der Waals surface area contributed by atoms with Gasteiger partial charge < -0.3 is 20.2 Å². The van der Waals surface area contributed by atoms with E-state index in [1.165, 1.54) is 12.1 Å². The van der Waals surface area contributed by atoms with Crippen molar-refractivity contribution in [2.24, 2.45) is 5.73 Å². The summed E-state index contributed by atoms with van der Waals surface area (Å²) in [5.41, 5.74) is 5.57. The van der Waals surface area contributed by atoms with Crippen LogP contribution in [0.2, 0.25) is 0 Å². The molecule has 2 amide bonds. The van der Waals surface area contributed by atoms with Crippen molar-refractivity contribution in [3.63, 3.8) is 0 Å². The zero-order valence-corrected chi connectivity index (χ0v) is 19.4. The Labute approximate surface area is 198 Å². The smallest absolute Gasteiger partial charge is 0.291 e. The summed E-state index contributed by atoms with van der Waals surface area (Å²) in [5.74, 6) is -0.456. The highest BCUT2D eigenvalue weighted by Crippen LogP contribution is 2.38. The van der Waals surface area contributed by atoms with Crippen molar-refractivity contribution < 1.29 is 27.5 Å². The Kier molecular flexibility index (Phi) is 6.43. The number of aromatic nitrogens is 1. The van der Waals surface area contributed by atoms with E-state index >= 15 is 0 Å². The van der Waals surface area contributed by atoms with Gasteiger partial charge in [0.05, 0.1) is 10.2 Å². The Bertz CT molecular complexity index is 1370. The third-order valence-corrected chi connectivity index (χ3v) is 6.41. The standard InChI is InChI=1S/C22H16BrF2N3O4S/c1-10-8-13(19(24)25)27-22-16(10)17(18(33-22)20(26)29)28-21(30)15-7-6-11(32-15)9-31-14-5-3-2-4-12(14)23/h2-8,19H,9H2,1H3,(H2,26,29)(H,28,30). The largest absolute Gasteiger partial charge is 0.484 e. The van der Waals surface area contributed by atoms with Crippen LogP contribution in [0.1, 0.15) is 43.7 Å². The number of nitrogens with one attached hydrogen (secondary N) is 1. The van der Waals surface area contributed by atoms with Crippen molar-refractivity contribution in [3.05, 3.63) is 74.6 Å². The molecule has 0 bridgehead atoms. The molecule has 0 saturated heterocycles. The fourth-order valence-corrected chi connectivity index (χ4v) is 4.64. The number of nitrogens with two attached hydrogens (primary N) is 1. The summed E-state index contributed by atoms with van der Waals surface area (Å²) in [6, 6.07) is 11.6. The van der Waals surface area contributed by atoms with Gasteiger partial charge >= 0.3 is 0 Å². The molecule has 33 heavy (non-hydrogen) atoms. The molecule has 0 aliphatic heterocycles. The summed E-state index contributed by atoms with van der Waals surface area (Å²) >= 11 is 4.22. The number of pyridine rings is 1. The van der Waals surface area contributed by atoms with Gasteiger partial charge in [-0.3, -0.25) is 9.59 Å². The lowest BCUT2D eigenvalue weighted by molar-refractivity contribution is 0.0992. The van der Waals surface area contributed by atoms with Crippen molar-refractivity contribution in [1.82, 2.24) is 4.98 Å². The van der Waals surface area contributed by atoms with E-state index in [4.69, 9.17) is 14.9 Å². The van der Waals surface area contributed by atoms with Gasteiger partial charge in [-0.1, -0.05) is 12.1 Å². The van der Waals surface area contributed by atoms with Gasteiger partial charge in [0.2, 0.25) is 0 Å². The minimum absolute atomic E-state index is 0.00408. The molecule has 3 heterocycles. The zero-order chi connectivity index (χ0) is 23.7. The quantitative estimate of drug-likeness (QED) is 0.309. The minimum atomic E-state index is -2.77. The third-order valence-electron chi connectivity index (χ3n) is 4.66. The molecule has 0 unspecified atom stereocenters. The number of alkyl halides is 2. The van der Waals surface area contributed by atoms with E-state index in [1.54, 1.807) is 19.1 Å². The van der Waals surface area contributed by atoms with E-state index in [-0.39, 0.29) is 27.8 Å². The number of thiophene rings is 1. The Morgan fingerprint density at radius 3 is 2.73 bits per heavy atom. The summed E-state index contributed by atoms with van der Waals surface area (Å²) in [5, 5.41) is 2.99. The molecule has 4 aromatic rings. The monoisotopic (exact) mass is 535 g/mol. The Morgan fingerprint density at radius 2 is 2.03 bits per heavy atom. The van der Waals surface area contributed by atoms with Crippen molar-refractivity contribution in [1.29, 1.82) is 0 Å². The molecule has 7 nitrogen and oxygen atoms in total. The number of furan rings is 1.